The third-order valence-corrected chi connectivity index (χ3v) is 1.92. The molecule has 0 spiro atoms. The van der Waals surface area contributed by atoms with Crippen LogP contribution in [0.1, 0.15) is 49.7 Å². The maximum absolute atomic E-state index is 12.9. The van der Waals surface area contributed by atoms with Gasteiger partial charge >= 0.3 is 6.18 Å². The molecule has 0 aliphatic rings. The average molecular weight is 291 g/mol. The Morgan fingerprint density at radius 3 is 2.93 bits per heavy atom. The van der Waals surface area contributed by atoms with Gasteiger partial charge in [-0.3, -0.25) is 0 Å². The van der Waals surface area contributed by atoms with Crippen LogP contribution >= 0.6 is 15.9 Å². The summed E-state index contributed by atoms with van der Waals surface area (Å²) in [6.45, 7) is -7.20. The highest BCUT2D eigenvalue weighted by Crippen LogP contribution is 2.31. The highest BCUT2D eigenvalue weighted by atomic mass is 79.9. The van der Waals surface area contributed by atoms with E-state index in [1.165, 1.54) is 0 Å². The first kappa shape index (κ1) is 4.73. The molecule has 1 atom stereocenters. The molecule has 15 heavy (non-hydrogen) atoms. The molecular weight excluding hydrogens is 271 g/mol. The molecule has 1 aromatic rings. The fraction of sp³-hybridized carbons (Fsp3) is 0.500. The summed E-state index contributed by atoms with van der Waals surface area (Å²) in [4.78, 5) is 3.03. The van der Waals surface area contributed by atoms with E-state index < -0.39 is 43.5 Å². The van der Waals surface area contributed by atoms with E-state index >= 15 is 0 Å². The van der Waals surface area contributed by atoms with E-state index in [1.807, 2.05) is 0 Å². The van der Waals surface area contributed by atoms with Crippen molar-refractivity contribution in [1.82, 2.24) is 4.98 Å². The maximum Gasteiger partial charge on any atom is 0.433 e. The van der Waals surface area contributed by atoms with Crippen LogP contribution in [0.3, 0.4) is 0 Å². The lowest BCUT2D eigenvalue weighted by atomic mass is 10.0. The molecule has 0 bridgehead atoms. The number of pyridine rings is 1. The lowest BCUT2D eigenvalue weighted by Gasteiger charge is -2.12. The number of hydrogen-bond donors (Lipinski definition) is 0. The van der Waals surface area contributed by atoms with Crippen LogP contribution in [-0.4, -0.2) is 4.98 Å². The van der Waals surface area contributed by atoms with Crippen molar-refractivity contribution in [2.45, 2.75) is 32.1 Å². The van der Waals surface area contributed by atoms with Crippen LogP contribution in [0.4, 0.5) is 13.2 Å². The Morgan fingerprint density at radius 1 is 1.67 bits per heavy atom. The molecule has 1 heterocycles. The van der Waals surface area contributed by atoms with Gasteiger partial charge in [0.2, 0.25) is 0 Å². The first-order valence-electron chi connectivity index (χ1n) is 8.11. The van der Waals surface area contributed by atoms with E-state index in [4.69, 9.17) is 12.3 Å². The SMILES string of the molecule is [2H]C([2H])([2H])C([2H])([2H])C([2H])(c1cc(Br)cc(C(F)(F)F)n1)C([2H])([2H])[2H]. The zero-order valence-electron chi connectivity index (χ0n) is 16.1. The molecule has 0 aliphatic carbocycles. The van der Waals surface area contributed by atoms with Gasteiger partial charge in [0.25, 0.3) is 0 Å². The Kier molecular flexibility index (Phi) is 1.42. The number of hydrogen-bond acceptors (Lipinski definition) is 1. The smallest absolute Gasteiger partial charge is 0.248 e. The van der Waals surface area contributed by atoms with Crippen molar-refractivity contribution in [3.8, 4) is 0 Å². The van der Waals surface area contributed by atoms with E-state index in [9.17, 15) is 13.2 Å². The Labute approximate surface area is 107 Å². The van der Waals surface area contributed by atoms with Crippen LogP contribution in [0, 0.1) is 0 Å². The third-order valence-electron chi connectivity index (χ3n) is 1.46. The second-order valence-corrected chi connectivity index (χ2v) is 3.47. The lowest BCUT2D eigenvalue weighted by molar-refractivity contribution is -0.141. The van der Waals surface area contributed by atoms with E-state index in [-0.39, 0.29) is 4.47 Å². The summed E-state index contributed by atoms with van der Waals surface area (Å²) < 4.78 is 105. The Hall–Kier alpha value is -0.580. The Balaban J connectivity index is 3.82. The summed E-state index contributed by atoms with van der Waals surface area (Å²) in [5.41, 5.74) is -2.74. The molecule has 1 nitrogen and oxygen atoms in total. The monoisotopic (exact) mass is 290 g/mol. The number of alkyl halides is 3. The van der Waals surface area contributed by atoms with E-state index in [0.717, 1.165) is 0 Å². The van der Waals surface area contributed by atoms with Gasteiger partial charge in [-0.25, -0.2) is 4.98 Å². The second-order valence-electron chi connectivity index (χ2n) is 2.55. The Bertz CT molecular complexity index is 625. The molecule has 0 N–H and O–H groups in total. The van der Waals surface area contributed by atoms with Crippen molar-refractivity contribution in [2.75, 3.05) is 0 Å². The second kappa shape index (κ2) is 4.51. The topological polar surface area (TPSA) is 12.9 Å². The minimum atomic E-state index is -5.00. The fourth-order valence-corrected chi connectivity index (χ4v) is 1.27. The molecular formula is C10H11BrF3N. The number of nitrogens with zero attached hydrogens (tertiary/aromatic N) is 1. The highest BCUT2D eigenvalue weighted by Gasteiger charge is 2.33. The standard InChI is InChI=1S/C10H11BrF3N/c1-3-6(2)8-4-7(11)5-9(15-8)10(12,13)14/h4-6H,3H2,1-2H3/i1D3,2D3,3D2,6D. The van der Waals surface area contributed by atoms with Crippen molar-refractivity contribution < 1.29 is 25.5 Å². The summed E-state index contributed by atoms with van der Waals surface area (Å²) in [6.07, 6.45) is -8.71. The van der Waals surface area contributed by atoms with E-state index in [2.05, 4.69) is 20.9 Å². The van der Waals surface area contributed by atoms with Gasteiger partial charge in [0.1, 0.15) is 5.69 Å². The van der Waals surface area contributed by atoms with Crippen molar-refractivity contribution in [3.05, 3.63) is 28.0 Å². The zero-order chi connectivity index (χ0) is 19.4. The van der Waals surface area contributed by atoms with Crippen molar-refractivity contribution >= 4 is 15.9 Å². The van der Waals surface area contributed by atoms with Gasteiger partial charge in [-0.1, -0.05) is 29.6 Å². The predicted molar refractivity (Wildman–Crippen MR) is 55.6 cm³/mol. The number of halogens is 4. The molecule has 0 aromatic carbocycles. The molecule has 5 heteroatoms. The van der Waals surface area contributed by atoms with Crippen LogP contribution in [-0.2, 0) is 6.18 Å². The van der Waals surface area contributed by atoms with Crippen LogP contribution in [0.5, 0.6) is 0 Å². The average Bonchev–Trinajstić information content (AvgIpc) is 2.32. The van der Waals surface area contributed by atoms with Gasteiger partial charge in [-0.2, -0.15) is 13.2 Å². The Morgan fingerprint density at radius 2 is 2.40 bits per heavy atom. The van der Waals surface area contributed by atoms with Gasteiger partial charge < -0.3 is 0 Å². The summed E-state index contributed by atoms with van der Waals surface area (Å²) in [5.74, 6) is -3.56. The predicted octanol–water partition coefficient (Wildman–Crippen LogP) is 4.38. The molecule has 0 radical (unpaired) electrons. The largest absolute Gasteiger partial charge is 0.433 e. The molecule has 1 unspecified atom stereocenters. The molecule has 84 valence electrons. The molecule has 0 saturated heterocycles. The summed E-state index contributed by atoms with van der Waals surface area (Å²) >= 11 is 2.71. The first-order valence-corrected chi connectivity index (χ1v) is 4.40. The minimum absolute atomic E-state index is 0.318. The van der Waals surface area contributed by atoms with Crippen LogP contribution < -0.4 is 0 Å². The quantitative estimate of drug-likeness (QED) is 0.788. The molecule has 0 saturated carbocycles. The van der Waals surface area contributed by atoms with Crippen LogP contribution in [0.15, 0.2) is 16.6 Å². The number of rotatable bonds is 2. The first-order chi connectivity index (χ1) is 10.4. The van der Waals surface area contributed by atoms with Crippen molar-refractivity contribution in [2.24, 2.45) is 0 Å². The molecule has 1 rings (SSSR count). The van der Waals surface area contributed by atoms with Gasteiger partial charge in [-0.05, 0) is 24.4 Å². The fourth-order valence-electron chi connectivity index (χ4n) is 0.835. The van der Waals surface area contributed by atoms with E-state index in [1.54, 1.807) is 0 Å². The zero-order valence-corrected chi connectivity index (χ0v) is 8.70. The third kappa shape index (κ3) is 3.19. The van der Waals surface area contributed by atoms with Crippen LogP contribution in [0.2, 0.25) is 0 Å². The lowest BCUT2D eigenvalue weighted by Crippen LogP contribution is -2.10. The van der Waals surface area contributed by atoms with Gasteiger partial charge in [-0.15, -0.1) is 0 Å². The molecule has 1 aromatic heterocycles. The van der Waals surface area contributed by atoms with Crippen molar-refractivity contribution in [3.63, 3.8) is 0 Å². The van der Waals surface area contributed by atoms with Gasteiger partial charge in [0.05, 0.1) is 0 Å². The maximum atomic E-state index is 12.9. The summed E-state index contributed by atoms with van der Waals surface area (Å²) in [5, 5.41) is 0. The van der Waals surface area contributed by atoms with Crippen LogP contribution in [0.25, 0.3) is 0 Å². The number of aromatic nitrogens is 1. The normalized spacial score (nSPS) is 27.6. The minimum Gasteiger partial charge on any atom is -0.248 e. The summed E-state index contributed by atoms with van der Waals surface area (Å²) in [6, 6.07) is 1.20. The van der Waals surface area contributed by atoms with Gasteiger partial charge in [0, 0.05) is 22.5 Å². The summed E-state index contributed by atoms with van der Waals surface area (Å²) in [7, 11) is 0. The highest BCUT2D eigenvalue weighted by molar-refractivity contribution is 9.10. The van der Waals surface area contributed by atoms with Gasteiger partial charge in [0.15, 0.2) is 0 Å². The molecule has 0 amide bonds. The van der Waals surface area contributed by atoms with E-state index in [0.29, 0.717) is 12.1 Å². The molecule has 0 fully saturated rings. The molecule has 0 aliphatic heterocycles. The van der Waals surface area contributed by atoms with Crippen molar-refractivity contribution in [1.29, 1.82) is 0 Å².